The topological polar surface area (TPSA) is 49.3 Å². The molecule has 0 fully saturated rings. The van der Waals surface area contributed by atoms with Crippen LogP contribution in [0.5, 0.6) is 0 Å². The van der Waals surface area contributed by atoms with Gasteiger partial charge in [-0.3, -0.25) is 4.79 Å². The van der Waals surface area contributed by atoms with E-state index in [1.165, 1.54) is 6.07 Å². The molecule has 0 aliphatic heterocycles. The molecule has 3 nitrogen and oxygen atoms in total. The van der Waals surface area contributed by atoms with E-state index in [9.17, 15) is 18.0 Å². The number of halogens is 4. The number of aliphatic hydroxyl groups excluding tert-OH is 1. The molecule has 1 aromatic carbocycles. The maximum Gasteiger partial charge on any atom is 0.417 e. The van der Waals surface area contributed by atoms with Gasteiger partial charge < -0.3 is 10.4 Å². The van der Waals surface area contributed by atoms with Gasteiger partial charge in [0.15, 0.2) is 0 Å². The minimum Gasteiger partial charge on any atom is -0.396 e. The molecular formula is C12H13BrF3NO2. The molecule has 1 atom stereocenters. The summed E-state index contributed by atoms with van der Waals surface area (Å²) in [6.07, 6.45) is -4.32. The van der Waals surface area contributed by atoms with Crippen molar-refractivity contribution >= 4 is 21.8 Å². The first-order valence-electron chi connectivity index (χ1n) is 5.54. The lowest BCUT2D eigenvalue weighted by Gasteiger charge is -2.16. The van der Waals surface area contributed by atoms with Crippen molar-refractivity contribution in [2.45, 2.75) is 25.6 Å². The van der Waals surface area contributed by atoms with Crippen molar-refractivity contribution in [3.8, 4) is 0 Å². The van der Waals surface area contributed by atoms with Crippen molar-refractivity contribution in [2.24, 2.45) is 0 Å². The smallest absolute Gasteiger partial charge is 0.396 e. The lowest BCUT2D eigenvalue weighted by Crippen LogP contribution is -2.34. The van der Waals surface area contributed by atoms with Gasteiger partial charge in [-0.05, 0) is 31.5 Å². The van der Waals surface area contributed by atoms with E-state index in [2.05, 4.69) is 21.2 Å². The number of carbonyl (C=O) groups excluding carboxylic acids is 1. The van der Waals surface area contributed by atoms with Crippen LogP contribution < -0.4 is 5.32 Å². The average molecular weight is 340 g/mol. The van der Waals surface area contributed by atoms with Gasteiger partial charge in [0.1, 0.15) is 0 Å². The maximum atomic E-state index is 12.8. The monoisotopic (exact) mass is 339 g/mol. The van der Waals surface area contributed by atoms with Crippen LogP contribution in [0.3, 0.4) is 0 Å². The Labute approximate surface area is 116 Å². The van der Waals surface area contributed by atoms with Crippen LogP contribution in [0.4, 0.5) is 13.2 Å². The molecule has 0 spiro atoms. The van der Waals surface area contributed by atoms with Gasteiger partial charge in [0.2, 0.25) is 0 Å². The minimum absolute atomic E-state index is 0.145. The quantitative estimate of drug-likeness (QED) is 0.885. The molecule has 0 aliphatic rings. The number of amides is 1. The van der Waals surface area contributed by atoms with Gasteiger partial charge in [0, 0.05) is 17.1 Å². The van der Waals surface area contributed by atoms with Crippen LogP contribution in [0, 0.1) is 0 Å². The lowest BCUT2D eigenvalue weighted by atomic mass is 10.1. The fraction of sp³-hybridized carbons (Fsp3) is 0.417. The van der Waals surface area contributed by atoms with Crippen molar-refractivity contribution in [2.75, 3.05) is 6.61 Å². The molecule has 0 aromatic heterocycles. The third-order valence-electron chi connectivity index (χ3n) is 2.47. The van der Waals surface area contributed by atoms with Gasteiger partial charge in [-0.1, -0.05) is 15.9 Å². The molecule has 106 valence electrons. The van der Waals surface area contributed by atoms with Gasteiger partial charge in [0.25, 0.3) is 5.91 Å². The zero-order valence-electron chi connectivity index (χ0n) is 10.1. The van der Waals surface area contributed by atoms with E-state index in [0.717, 1.165) is 12.1 Å². The number of hydrogen-bond donors (Lipinski definition) is 2. The molecular weight excluding hydrogens is 327 g/mol. The normalized spacial score (nSPS) is 13.2. The Morgan fingerprint density at radius 1 is 1.47 bits per heavy atom. The largest absolute Gasteiger partial charge is 0.417 e. The molecule has 0 radical (unpaired) electrons. The van der Waals surface area contributed by atoms with E-state index in [-0.39, 0.29) is 17.5 Å². The zero-order chi connectivity index (χ0) is 14.6. The van der Waals surface area contributed by atoms with Gasteiger partial charge in [0.05, 0.1) is 11.1 Å². The van der Waals surface area contributed by atoms with Crippen LogP contribution in [0.15, 0.2) is 22.7 Å². The highest BCUT2D eigenvalue weighted by molar-refractivity contribution is 9.10. The SMILES string of the molecule is CC(CCO)NC(=O)c1ccc(Br)cc1C(F)(F)F. The van der Waals surface area contributed by atoms with Crippen molar-refractivity contribution in [1.82, 2.24) is 5.32 Å². The summed E-state index contributed by atoms with van der Waals surface area (Å²) in [5, 5.41) is 11.1. The van der Waals surface area contributed by atoms with E-state index in [1.54, 1.807) is 6.92 Å². The first-order chi connectivity index (χ1) is 8.75. The van der Waals surface area contributed by atoms with Gasteiger partial charge in [-0.25, -0.2) is 0 Å². The molecule has 19 heavy (non-hydrogen) atoms. The molecule has 0 bridgehead atoms. The molecule has 0 saturated heterocycles. The predicted octanol–water partition coefficient (Wildman–Crippen LogP) is 2.97. The third-order valence-corrected chi connectivity index (χ3v) is 2.96. The molecule has 1 unspecified atom stereocenters. The summed E-state index contributed by atoms with van der Waals surface area (Å²) >= 11 is 2.95. The van der Waals surface area contributed by atoms with Crippen LogP contribution in [-0.2, 0) is 6.18 Å². The van der Waals surface area contributed by atoms with Gasteiger partial charge in [-0.15, -0.1) is 0 Å². The van der Waals surface area contributed by atoms with Gasteiger partial charge in [-0.2, -0.15) is 13.2 Å². The molecule has 1 amide bonds. The van der Waals surface area contributed by atoms with Crippen LogP contribution in [0.2, 0.25) is 0 Å². The number of benzene rings is 1. The van der Waals surface area contributed by atoms with E-state index >= 15 is 0 Å². The summed E-state index contributed by atoms with van der Waals surface area (Å²) in [5.41, 5.74) is -1.42. The van der Waals surface area contributed by atoms with Crippen molar-refractivity contribution in [3.05, 3.63) is 33.8 Å². The molecule has 1 rings (SSSR count). The Hall–Kier alpha value is -1.08. The standard InChI is InChI=1S/C12H13BrF3NO2/c1-7(4-5-18)17-11(19)9-3-2-8(13)6-10(9)12(14,15)16/h2-3,6-7,18H,4-5H2,1H3,(H,17,19). The van der Waals surface area contributed by atoms with E-state index in [1.807, 2.05) is 0 Å². The van der Waals surface area contributed by atoms with Crippen LogP contribution in [0.25, 0.3) is 0 Å². The summed E-state index contributed by atoms with van der Waals surface area (Å²) < 4.78 is 38.7. The summed E-state index contributed by atoms with van der Waals surface area (Å²) in [4.78, 5) is 11.8. The predicted molar refractivity (Wildman–Crippen MR) is 67.8 cm³/mol. The molecule has 0 saturated carbocycles. The van der Waals surface area contributed by atoms with Crippen molar-refractivity contribution < 1.29 is 23.1 Å². The first kappa shape index (κ1) is 16.0. The highest BCUT2D eigenvalue weighted by Gasteiger charge is 2.35. The highest BCUT2D eigenvalue weighted by atomic mass is 79.9. The molecule has 1 aromatic rings. The molecule has 0 heterocycles. The van der Waals surface area contributed by atoms with E-state index < -0.39 is 29.3 Å². The van der Waals surface area contributed by atoms with Crippen molar-refractivity contribution in [1.29, 1.82) is 0 Å². The van der Waals surface area contributed by atoms with Crippen LogP contribution in [0.1, 0.15) is 29.3 Å². The summed E-state index contributed by atoms with van der Waals surface area (Å²) in [5.74, 6) is -0.805. The maximum absolute atomic E-state index is 12.8. The fourth-order valence-corrected chi connectivity index (χ4v) is 1.88. The van der Waals surface area contributed by atoms with E-state index in [0.29, 0.717) is 0 Å². The second-order valence-corrected chi connectivity index (χ2v) is 4.99. The summed E-state index contributed by atoms with van der Waals surface area (Å²) in [6.45, 7) is 1.47. The number of rotatable bonds is 4. The Morgan fingerprint density at radius 2 is 2.11 bits per heavy atom. The Kier molecular flexibility index (Phi) is 5.37. The molecule has 2 N–H and O–H groups in total. The molecule has 7 heteroatoms. The second-order valence-electron chi connectivity index (χ2n) is 4.07. The Balaban J connectivity index is 3.03. The summed E-state index contributed by atoms with van der Waals surface area (Å²) in [6, 6.07) is 2.96. The third kappa shape index (κ3) is 4.50. The number of hydrogen-bond acceptors (Lipinski definition) is 2. The van der Waals surface area contributed by atoms with E-state index in [4.69, 9.17) is 5.11 Å². The lowest BCUT2D eigenvalue weighted by molar-refractivity contribution is -0.138. The number of nitrogens with one attached hydrogen (secondary N) is 1. The Bertz CT molecular complexity index is 463. The summed E-state index contributed by atoms with van der Waals surface area (Å²) in [7, 11) is 0. The molecule has 0 aliphatic carbocycles. The van der Waals surface area contributed by atoms with Crippen LogP contribution >= 0.6 is 15.9 Å². The number of carbonyl (C=O) groups is 1. The first-order valence-corrected chi connectivity index (χ1v) is 6.33. The zero-order valence-corrected chi connectivity index (χ0v) is 11.7. The number of alkyl halides is 3. The highest BCUT2D eigenvalue weighted by Crippen LogP contribution is 2.33. The average Bonchev–Trinajstić information content (AvgIpc) is 2.27. The van der Waals surface area contributed by atoms with Crippen LogP contribution in [-0.4, -0.2) is 23.7 Å². The number of aliphatic hydroxyl groups is 1. The van der Waals surface area contributed by atoms with Gasteiger partial charge >= 0.3 is 6.18 Å². The fourth-order valence-electron chi connectivity index (χ4n) is 1.52. The minimum atomic E-state index is -4.60. The second kappa shape index (κ2) is 6.38. The Morgan fingerprint density at radius 3 is 2.63 bits per heavy atom. The van der Waals surface area contributed by atoms with Crippen molar-refractivity contribution in [3.63, 3.8) is 0 Å².